The summed E-state index contributed by atoms with van der Waals surface area (Å²) >= 11 is 1.40. The van der Waals surface area contributed by atoms with Crippen LogP contribution in [0.2, 0.25) is 0 Å². The fourth-order valence-corrected chi connectivity index (χ4v) is 4.82. The minimum atomic E-state index is -0.845. The second-order valence-electron chi connectivity index (χ2n) is 7.30. The molecule has 0 bridgehead atoms. The molecule has 8 heteroatoms. The van der Waals surface area contributed by atoms with E-state index >= 15 is 0 Å². The average Bonchev–Trinajstić information content (AvgIpc) is 2.76. The van der Waals surface area contributed by atoms with Gasteiger partial charge in [0.2, 0.25) is 0 Å². The molecule has 4 rings (SSSR count). The third-order valence-corrected chi connectivity index (χ3v) is 6.11. The molecular formula is C23H24O7S. The maximum atomic E-state index is 11.9. The summed E-state index contributed by atoms with van der Waals surface area (Å²) in [6, 6.07) is 19.1. The number of rotatable bonds is 5. The highest BCUT2D eigenvalue weighted by atomic mass is 32.2. The highest BCUT2D eigenvalue weighted by molar-refractivity contribution is 7.99. The van der Waals surface area contributed by atoms with Crippen molar-refractivity contribution in [3.63, 3.8) is 0 Å². The fraction of sp³-hybridized carbons (Fsp3) is 0.391. The van der Waals surface area contributed by atoms with E-state index in [1.165, 1.54) is 25.6 Å². The van der Waals surface area contributed by atoms with Gasteiger partial charge in [-0.25, -0.2) is 0 Å². The standard InChI is InChI=1S/C23H24O7S/c1-14(24)27-20-19-18(13-26-22(30-19)16-9-5-3-6-10-16)29-23(21(20)28-15(2)25)31-17-11-7-4-8-12-17/h3-12,18-23H,13H2,1-2H3. The Labute approximate surface area is 185 Å². The third-order valence-electron chi connectivity index (χ3n) is 4.96. The van der Waals surface area contributed by atoms with Gasteiger partial charge in [0.15, 0.2) is 18.5 Å². The zero-order valence-electron chi connectivity index (χ0n) is 17.2. The van der Waals surface area contributed by atoms with E-state index in [2.05, 4.69) is 0 Å². The number of benzene rings is 2. The van der Waals surface area contributed by atoms with Crippen molar-refractivity contribution < 1.29 is 33.3 Å². The molecule has 164 valence electrons. The molecule has 0 spiro atoms. The Hall–Kier alpha value is -2.39. The zero-order valence-corrected chi connectivity index (χ0v) is 18.0. The van der Waals surface area contributed by atoms with Crippen molar-refractivity contribution in [1.82, 2.24) is 0 Å². The van der Waals surface area contributed by atoms with E-state index in [0.29, 0.717) is 0 Å². The van der Waals surface area contributed by atoms with Crippen LogP contribution < -0.4 is 0 Å². The van der Waals surface area contributed by atoms with Crippen LogP contribution in [0.15, 0.2) is 65.6 Å². The van der Waals surface area contributed by atoms with Gasteiger partial charge in [-0.15, -0.1) is 0 Å². The Kier molecular flexibility index (Phi) is 6.92. The Morgan fingerprint density at radius 2 is 1.48 bits per heavy atom. The van der Waals surface area contributed by atoms with Crippen LogP contribution in [0, 0.1) is 0 Å². The van der Waals surface area contributed by atoms with Crippen molar-refractivity contribution in [3.8, 4) is 0 Å². The molecule has 7 nitrogen and oxygen atoms in total. The molecule has 2 heterocycles. The topological polar surface area (TPSA) is 80.3 Å². The smallest absolute Gasteiger partial charge is 0.303 e. The Bertz CT molecular complexity index is 891. The molecule has 0 N–H and O–H groups in total. The Morgan fingerprint density at radius 1 is 0.871 bits per heavy atom. The number of carbonyl (C=O) groups excluding carboxylic acids is 2. The van der Waals surface area contributed by atoms with Crippen molar-refractivity contribution in [2.75, 3.05) is 6.61 Å². The first-order valence-electron chi connectivity index (χ1n) is 10.0. The van der Waals surface area contributed by atoms with Crippen molar-refractivity contribution >= 4 is 23.7 Å². The van der Waals surface area contributed by atoms with E-state index < -0.39 is 48.1 Å². The molecule has 0 amide bonds. The molecular weight excluding hydrogens is 420 g/mol. The van der Waals surface area contributed by atoms with Crippen molar-refractivity contribution in [1.29, 1.82) is 0 Å². The lowest BCUT2D eigenvalue weighted by molar-refractivity contribution is -0.320. The SMILES string of the molecule is CC(=O)OC1C(Sc2ccccc2)OC2COC(c3ccccc3)OC2C1OC(C)=O. The van der Waals surface area contributed by atoms with Gasteiger partial charge in [-0.2, -0.15) is 0 Å². The van der Waals surface area contributed by atoms with Gasteiger partial charge in [-0.05, 0) is 12.1 Å². The molecule has 6 atom stereocenters. The van der Waals surface area contributed by atoms with Crippen LogP contribution in [0.5, 0.6) is 0 Å². The second-order valence-corrected chi connectivity index (χ2v) is 8.47. The highest BCUT2D eigenvalue weighted by Crippen LogP contribution is 2.41. The number of hydrogen-bond donors (Lipinski definition) is 0. The van der Waals surface area contributed by atoms with Crippen molar-refractivity contribution in [2.45, 2.75) is 54.9 Å². The van der Waals surface area contributed by atoms with E-state index in [9.17, 15) is 9.59 Å². The molecule has 2 fully saturated rings. The second kappa shape index (κ2) is 9.82. The lowest BCUT2D eigenvalue weighted by Crippen LogP contribution is -2.63. The van der Waals surface area contributed by atoms with E-state index in [-0.39, 0.29) is 6.61 Å². The van der Waals surface area contributed by atoms with Crippen LogP contribution in [-0.2, 0) is 33.3 Å². The van der Waals surface area contributed by atoms with Gasteiger partial charge in [-0.1, -0.05) is 60.3 Å². The predicted octanol–water partition coefficient (Wildman–Crippen LogP) is 3.48. The average molecular weight is 445 g/mol. The first kappa shape index (κ1) is 21.8. The van der Waals surface area contributed by atoms with Crippen LogP contribution >= 0.6 is 11.8 Å². The van der Waals surface area contributed by atoms with Gasteiger partial charge in [0.05, 0.1) is 6.61 Å². The number of fused-ring (bicyclic) bond motifs is 1. The number of hydrogen-bond acceptors (Lipinski definition) is 8. The van der Waals surface area contributed by atoms with E-state index in [0.717, 1.165) is 10.5 Å². The maximum Gasteiger partial charge on any atom is 0.303 e. The van der Waals surface area contributed by atoms with Crippen molar-refractivity contribution in [3.05, 3.63) is 66.2 Å². The third kappa shape index (κ3) is 5.27. The van der Waals surface area contributed by atoms with Gasteiger partial charge in [0, 0.05) is 24.3 Å². The summed E-state index contributed by atoms with van der Waals surface area (Å²) in [6.45, 7) is 2.89. The number of thioether (sulfide) groups is 1. The summed E-state index contributed by atoms with van der Waals surface area (Å²) in [6.07, 6.45) is -3.46. The summed E-state index contributed by atoms with van der Waals surface area (Å²) in [7, 11) is 0. The Morgan fingerprint density at radius 3 is 2.13 bits per heavy atom. The van der Waals surface area contributed by atoms with Crippen molar-refractivity contribution in [2.24, 2.45) is 0 Å². The molecule has 6 unspecified atom stereocenters. The summed E-state index contributed by atoms with van der Waals surface area (Å²) in [4.78, 5) is 24.8. The Balaban J connectivity index is 1.62. The monoisotopic (exact) mass is 444 g/mol. The molecule has 2 aromatic rings. The van der Waals surface area contributed by atoms with E-state index in [1.54, 1.807) is 0 Å². The van der Waals surface area contributed by atoms with Gasteiger partial charge in [0.1, 0.15) is 17.6 Å². The molecule has 31 heavy (non-hydrogen) atoms. The zero-order chi connectivity index (χ0) is 21.8. The number of ether oxygens (including phenoxy) is 5. The molecule has 2 aromatic carbocycles. The molecule has 0 aromatic heterocycles. The summed E-state index contributed by atoms with van der Waals surface area (Å²) in [5.74, 6) is -0.979. The molecule has 2 saturated heterocycles. The predicted molar refractivity (Wildman–Crippen MR) is 112 cm³/mol. The van der Waals surface area contributed by atoms with E-state index in [4.69, 9.17) is 23.7 Å². The summed E-state index contributed by atoms with van der Waals surface area (Å²) in [5, 5.41) is 0. The minimum absolute atomic E-state index is 0.251. The van der Waals surface area contributed by atoms with Gasteiger partial charge >= 0.3 is 11.9 Å². The largest absolute Gasteiger partial charge is 0.456 e. The molecule has 0 saturated carbocycles. The van der Waals surface area contributed by atoms with Crippen LogP contribution in [0.3, 0.4) is 0 Å². The van der Waals surface area contributed by atoms with Crippen LogP contribution in [0.1, 0.15) is 25.7 Å². The number of esters is 2. The lowest BCUT2D eigenvalue weighted by atomic mass is 9.98. The van der Waals surface area contributed by atoms with Gasteiger partial charge in [-0.3, -0.25) is 9.59 Å². The normalized spacial score (nSPS) is 30.1. The summed E-state index contributed by atoms with van der Waals surface area (Å²) in [5.41, 5.74) is 0.240. The molecule has 0 aliphatic carbocycles. The molecule has 0 radical (unpaired) electrons. The quantitative estimate of drug-likeness (QED) is 0.649. The molecule has 2 aliphatic rings. The van der Waals surface area contributed by atoms with Gasteiger partial charge < -0.3 is 23.7 Å². The van der Waals surface area contributed by atoms with Crippen LogP contribution in [-0.4, -0.2) is 48.4 Å². The summed E-state index contributed by atoms with van der Waals surface area (Å²) < 4.78 is 29.6. The molecule has 2 aliphatic heterocycles. The lowest BCUT2D eigenvalue weighted by Gasteiger charge is -2.48. The van der Waals surface area contributed by atoms with Crippen LogP contribution in [0.4, 0.5) is 0 Å². The van der Waals surface area contributed by atoms with E-state index in [1.807, 2.05) is 60.7 Å². The fourth-order valence-electron chi connectivity index (χ4n) is 3.70. The first-order chi connectivity index (χ1) is 15.0. The maximum absolute atomic E-state index is 11.9. The minimum Gasteiger partial charge on any atom is -0.456 e. The van der Waals surface area contributed by atoms with Crippen LogP contribution in [0.25, 0.3) is 0 Å². The highest BCUT2D eigenvalue weighted by Gasteiger charge is 2.53. The van der Waals surface area contributed by atoms with Gasteiger partial charge in [0.25, 0.3) is 0 Å². The number of carbonyl (C=O) groups is 2. The first-order valence-corrected chi connectivity index (χ1v) is 10.9.